The molecule has 1 aromatic rings. The Labute approximate surface area is 399 Å². The Morgan fingerprint density at radius 2 is 1.58 bits per heavy atom. The highest BCUT2D eigenvalue weighted by Crippen LogP contribution is 2.43. The third-order valence-electron chi connectivity index (χ3n) is 14.9. The average Bonchev–Trinajstić information content (AvgIpc) is 3.27. The van der Waals surface area contributed by atoms with Gasteiger partial charge in [0.2, 0.25) is 0 Å². The summed E-state index contributed by atoms with van der Waals surface area (Å²) in [6, 6.07) is 7.41. The first-order chi connectivity index (χ1) is 31.1. The molecule has 3 aliphatic heterocycles. The van der Waals surface area contributed by atoms with Gasteiger partial charge in [0.15, 0.2) is 12.6 Å². The van der Waals surface area contributed by atoms with Crippen LogP contribution in [0.25, 0.3) is 0 Å². The van der Waals surface area contributed by atoms with E-state index < -0.39 is 108 Å². The molecular formula is C49H87N5O13. The number of benzene rings is 1. The first-order valence-electron chi connectivity index (χ1n) is 24.2. The lowest BCUT2D eigenvalue weighted by Gasteiger charge is -2.53. The fourth-order valence-electron chi connectivity index (χ4n) is 10.3. The number of hydrogen-bond acceptors (Lipinski definition) is 16. The number of cyclic esters (lactones) is 1. The molecule has 7 N–H and O–H groups in total. The van der Waals surface area contributed by atoms with Crippen molar-refractivity contribution in [3.63, 3.8) is 0 Å². The highest BCUT2D eigenvalue weighted by Gasteiger charge is 2.58. The van der Waals surface area contributed by atoms with Crippen molar-refractivity contribution in [3.8, 4) is 0 Å². The second kappa shape index (κ2) is 23.6. The van der Waals surface area contributed by atoms with E-state index in [0.717, 1.165) is 6.54 Å². The molecule has 18 heteroatoms. The first-order valence-corrected chi connectivity index (χ1v) is 24.2. The molecular weight excluding hydrogens is 867 g/mol. The molecule has 3 heterocycles. The van der Waals surface area contributed by atoms with Gasteiger partial charge in [0, 0.05) is 64.9 Å². The van der Waals surface area contributed by atoms with Crippen molar-refractivity contribution in [2.75, 3.05) is 66.4 Å². The van der Waals surface area contributed by atoms with Gasteiger partial charge in [0.05, 0.1) is 42.0 Å². The van der Waals surface area contributed by atoms with Crippen LogP contribution in [0.15, 0.2) is 30.3 Å². The quantitative estimate of drug-likeness (QED) is 0.112. The fourth-order valence-corrected chi connectivity index (χ4v) is 10.3. The Hall–Kier alpha value is -2.56. The number of anilines is 1. The second-order valence-corrected chi connectivity index (χ2v) is 20.8. The summed E-state index contributed by atoms with van der Waals surface area (Å²) in [6.45, 7) is 19.1. The summed E-state index contributed by atoms with van der Waals surface area (Å²) < 4.78 is 38.8. The number of methoxy groups -OCH3 is 1. The van der Waals surface area contributed by atoms with Gasteiger partial charge < -0.3 is 74.4 Å². The third kappa shape index (κ3) is 13.2. The molecule has 2 amide bonds. The number of hydrogen-bond donors (Lipinski definition) is 7. The van der Waals surface area contributed by atoms with Crippen LogP contribution >= 0.6 is 0 Å². The highest BCUT2D eigenvalue weighted by atomic mass is 16.7. The SMILES string of the molecule is CC[C@H]1OC(=O)[C@H](C)[C@@H](O[C@H]2C[C@@](C)(OC)[C@](O)(CNCCN(C)C)[C@H](C)O2)[C@H](C)[C@@H](O[C@@H]2O[C@H](C)C[C@H](N(C)C(=O)N(C)c3ccccc3)[C@H]2O)[C@](C)(O)C[C@@H](C)CN[C@H](C)[C@@H](O)[C@]1(C)O. The van der Waals surface area contributed by atoms with Crippen LogP contribution < -0.4 is 15.5 Å². The van der Waals surface area contributed by atoms with E-state index in [4.69, 9.17) is 28.4 Å². The van der Waals surface area contributed by atoms with Crippen molar-refractivity contribution < 1.29 is 63.5 Å². The molecule has 0 bridgehead atoms. The lowest BCUT2D eigenvalue weighted by atomic mass is 9.75. The minimum atomic E-state index is -1.86. The number of nitrogens with one attached hydrogen (secondary N) is 2. The molecule has 0 unspecified atom stereocenters. The Kier molecular flexibility index (Phi) is 20.1. The zero-order valence-electron chi connectivity index (χ0n) is 43.0. The van der Waals surface area contributed by atoms with Crippen molar-refractivity contribution in [3.05, 3.63) is 30.3 Å². The van der Waals surface area contributed by atoms with Crippen LogP contribution in [0.2, 0.25) is 0 Å². The number of aliphatic hydroxyl groups excluding tert-OH is 2. The summed E-state index contributed by atoms with van der Waals surface area (Å²) in [5, 5.41) is 67.1. The monoisotopic (exact) mass is 954 g/mol. The van der Waals surface area contributed by atoms with Crippen molar-refractivity contribution in [2.45, 2.75) is 185 Å². The van der Waals surface area contributed by atoms with Crippen LogP contribution in [-0.4, -0.2) is 199 Å². The number of amides is 2. The standard InChI is InChI=1S/C49H87N5O13/c1-16-37-48(10,60)41(56)33(6)51-27-29(2)25-46(8,59)42(67-44-39(55)36(24-30(3)63-44)54(14)45(58)53(13)35-20-18-17-19-21-35)31(4)40(32(5)43(57)65-37)66-38-26-47(9,62-15)49(61,34(7)64-38)28-50-22-23-52(11)12/h17-21,29-34,36-42,44,50-51,55-56,59-61H,16,22-28H2,1-15H3/t29-,30-,31+,32-,33-,34+,36+,37-,38+,39-,40+,41-,42-,44+,46-,47-,48-,49+/m1/s1. The summed E-state index contributed by atoms with van der Waals surface area (Å²) in [4.78, 5) is 33.5. The molecule has 0 aromatic heterocycles. The number of rotatable bonds is 13. The van der Waals surface area contributed by atoms with Gasteiger partial charge in [0.1, 0.15) is 35.1 Å². The molecule has 0 saturated carbocycles. The van der Waals surface area contributed by atoms with Crippen LogP contribution in [0.5, 0.6) is 0 Å². The van der Waals surface area contributed by atoms with E-state index in [1.54, 1.807) is 62.6 Å². The molecule has 18 atom stereocenters. The Morgan fingerprint density at radius 3 is 2.18 bits per heavy atom. The topological polar surface area (TPSA) is 224 Å². The van der Waals surface area contributed by atoms with Crippen molar-refractivity contribution >= 4 is 17.7 Å². The molecule has 386 valence electrons. The maximum Gasteiger partial charge on any atom is 0.324 e. The number of ether oxygens (including phenoxy) is 6. The Morgan fingerprint density at radius 1 is 0.940 bits per heavy atom. The predicted molar refractivity (Wildman–Crippen MR) is 254 cm³/mol. The van der Waals surface area contributed by atoms with E-state index in [0.29, 0.717) is 25.2 Å². The van der Waals surface area contributed by atoms with Gasteiger partial charge in [-0.3, -0.25) is 9.69 Å². The molecule has 67 heavy (non-hydrogen) atoms. The minimum absolute atomic E-state index is 0.0348. The van der Waals surface area contributed by atoms with Gasteiger partial charge in [0.25, 0.3) is 0 Å². The van der Waals surface area contributed by atoms with E-state index in [1.807, 2.05) is 63.2 Å². The van der Waals surface area contributed by atoms with E-state index in [-0.39, 0.29) is 37.8 Å². The number of carbonyl (C=O) groups excluding carboxylic acids is 2. The number of para-hydroxylation sites is 1. The van der Waals surface area contributed by atoms with Gasteiger partial charge in [-0.05, 0) is 106 Å². The Bertz CT molecular complexity index is 1710. The van der Waals surface area contributed by atoms with Crippen LogP contribution in [0.3, 0.4) is 0 Å². The molecule has 0 radical (unpaired) electrons. The highest BCUT2D eigenvalue weighted by molar-refractivity contribution is 5.91. The second-order valence-electron chi connectivity index (χ2n) is 20.8. The van der Waals surface area contributed by atoms with Crippen LogP contribution in [0, 0.1) is 17.8 Å². The number of aliphatic hydroxyl groups is 5. The maximum atomic E-state index is 14.5. The summed E-state index contributed by atoms with van der Waals surface area (Å²) in [6.07, 6.45) is -9.31. The van der Waals surface area contributed by atoms with Crippen LogP contribution in [0.1, 0.15) is 94.9 Å². The largest absolute Gasteiger partial charge is 0.459 e. The fraction of sp³-hybridized carbons (Fsp3) is 0.837. The van der Waals surface area contributed by atoms with Gasteiger partial charge in [-0.1, -0.05) is 39.0 Å². The van der Waals surface area contributed by atoms with Crippen molar-refractivity contribution in [1.82, 2.24) is 20.4 Å². The number of urea groups is 1. The minimum Gasteiger partial charge on any atom is -0.459 e. The normalized spacial score (nSPS) is 41.8. The van der Waals surface area contributed by atoms with E-state index in [2.05, 4.69) is 10.6 Å². The summed E-state index contributed by atoms with van der Waals surface area (Å²) >= 11 is 0. The smallest absolute Gasteiger partial charge is 0.324 e. The molecule has 0 spiro atoms. The van der Waals surface area contributed by atoms with E-state index in [1.165, 1.54) is 23.8 Å². The third-order valence-corrected chi connectivity index (χ3v) is 14.9. The van der Waals surface area contributed by atoms with Crippen LogP contribution in [-0.2, 0) is 33.2 Å². The molecule has 1 aromatic carbocycles. The van der Waals surface area contributed by atoms with Gasteiger partial charge >= 0.3 is 12.0 Å². The zero-order chi connectivity index (χ0) is 50.4. The van der Waals surface area contributed by atoms with Crippen molar-refractivity contribution in [2.24, 2.45) is 17.8 Å². The number of nitrogens with zero attached hydrogens (tertiary/aromatic N) is 3. The summed E-state index contributed by atoms with van der Waals surface area (Å²) in [5.41, 5.74) is -5.60. The van der Waals surface area contributed by atoms with E-state index >= 15 is 0 Å². The lowest BCUT2D eigenvalue weighted by Crippen LogP contribution is -2.70. The number of carbonyl (C=O) groups is 2. The lowest BCUT2D eigenvalue weighted by molar-refractivity contribution is -0.336. The Balaban J connectivity index is 1.79. The molecule has 0 aliphatic carbocycles. The molecule has 4 rings (SSSR count). The van der Waals surface area contributed by atoms with Gasteiger partial charge in [-0.25, -0.2) is 4.79 Å². The van der Waals surface area contributed by atoms with Crippen LogP contribution in [0.4, 0.5) is 10.5 Å². The van der Waals surface area contributed by atoms with Gasteiger partial charge in [-0.15, -0.1) is 0 Å². The number of esters is 1. The predicted octanol–water partition coefficient (Wildman–Crippen LogP) is 2.71. The summed E-state index contributed by atoms with van der Waals surface area (Å²) in [5.74, 6) is -2.99. The molecule has 3 fully saturated rings. The molecule has 3 aliphatic rings. The molecule has 18 nitrogen and oxygen atoms in total. The van der Waals surface area contributed by atoms with E-state index in [9.17, 15) is 35.1 Å². The van der Waals surface area contributed by atoms with Gasteiger partial charge in [-0.2, -0.15) is 0 Å². The summed E-state index contributed by atoms with van der Waals surface area (Å²) in [7, 11) is 8.73. The van der Waals surface area contributed by atoms with Crippen molar-refractivity contribution in [1.29, 1.82) is 0 Å². The first kappa shape index (κ1) is 57.0. The number of likely N-dealkylation sites (N-methyl/N-ethyl adjacent to an activating group) is 2. The maximum absolute atomic E-state index is 14.5. The average molecular weight is 954 g/mol. The molecule has 3 saturated heterocycles. The zero-order valence-corrected chi connectivity index (χ0v) is 43.0.